The van der Waals surface area contributed by atoms with Gasteiger partial charge in [-0.15, -0.1) is 6.58 Å². The molecule has 0 unspecified atom stereocenters. The van der Waals surface area contributed by atoms with Gasteiger partial charge in [0.15, 0.2) is 6.29 Å². The number of ether oxygens (including phenoxy) is 3. The third-order valence-electron chi connectivity index (χ3n) is 5.36. The third-order valence-corrected chi connectivity index (χ3v) is 5.36. The summed E-state index contributed by atoms with van der Waals surface area (Å²) in [6.45, 7) is 5.04. The predicted molar refractivity (Wildman–Crippen MR) is 91.1 cm³/mol. The van der Waals surface area contributed by atoms with Crippen LogP contribution in [0.1, 0.15) is 42.7 Å². The molecular weight excluding hydrogens is 326 g/mol. The summed E-state index contributed by atoms with van der Waals surface area (Å²) in [5.41, 5.74) is 0.742. The molecule has 0 aromatic heterocycles. The first-order chi connectivity index (χ1) is 12.1. The lowest BCUT2D eigenvalue weighted by Gasteiger charge is -2.37. The van der Waals surface area contributed by atoms with Crippen molar-refractivity contribution in [1.29, 1.82) is 0 Å². The van der Waals surface area contributed by atoms with E-state index in [2.05, 4.69) is 6.58 Å². The molecule has 0 N–H and O–H groups in total. The van der Waals surface area contributed by atoms with Crippen molar-refractivity contribution >= 4 is 0 Å². The molecule has 1 heterocycles. The van der Waals surface area contributed by atoms with Gasteiger partial charge in [0.05, 0.1) is 19.8 Å². The highest BCUT2D eigenvalue weighted by Gasteiger charge is 2.32. The van der Waals surface area contributed by atoms with Crippen molar-refractivity contribution in [2.24, 2.45) is 11.8 Å². The molecule has 3 rings (SSSR count). The predicted octanol–water partition coefficient (Wildman–Crippen LogP) is 4.56. The molecule has 1 saturated carbocycles. The zero-order chi connectivity index (χ0) is 17.8. The van der Waals surface area contributed by atoms with E-state index in [4.69, 9.17) is 14.2 Å². The molecule has 25 heavy (non-hydrogen) atoms. The van der Waals surface area contributed by atoms with Crippen LogP contribution >= 0.6 is 0 Å². The zero-order valence-corrected chi connectivity index (χ0v) is 14.7. The van der Waals surface area contributed by atoms with Crippen LogP contribution in [0.4, 0.5) is 8.78 Å². The molecule has 5 heteroatoms. The summed E-state index contributed by atoms with van der Waals surface area (Å²) < 4.78 is 44.7. The van der Waals surface area contributed by atoms with E-state index in [-0.39, 0.29) is 30.3 Å². The molecule has 1 aromatic carbocycles. The van der Waals surface area contributed by atoms with Crippen LogP contribution in [-0.4, -0.2) is 26.6 Å². The molecule has 2 fully saturated rings. The maximum absolute atomic E-state index is 14.1. The van der Waals surface area contributed by atoms with Gasteiger partial charge in [0.2, 0.25) is 0 Å². The summed E-state index contributed by atoms with van der Waals surface area (Å²) in [4.78, 5) is 0. The Balaban J connectivity index is 1.58. The summed E-state index contributed by atoms with van der Waals surface area (Å²) in [6, 6.07) is 2.93. The zero-order valence-electron chi connectivity index (χ0n) is 14.7. The van der Waals surface area contributed by atoms with E-state index in [1.165, 1.54) is 19.2 Å². The van der Waals surface area contributed by atoms with E-state index in [9.17, 15) is 8.78 Å². The molecule has 0 spiro atoms. The highest BCUT2D eigenvalue weighted by molar-refractivity contribution is 5.28. The summed E-state index contributed by atoms with van der Waals surface area (Å²) >= 11 is 0. The molecule has 1 aliphatic heterocycles. The SMILES string of the molecule is C=C[C@H]1CO[C@H](C2CCC(c3cc(F)c(COC)c(F)c3)CC2)OC1. The molecule has 1 aliphatic carbocycles. The van der Waals surface area contributed by atoms with Crippen LogP contribution in [0.25, 0.3) is 0 Å². The monoisotopic (exact) mass is 352 g/mol. The second kappa shape index (κ2) is 8.39. The Kier molecular flexibility index (Phi) is 6.20. The highest BCUT2D eigenvalue weighted by atomic mass is 19.1. The summed E-state index contributed by atoms with van der Waals surface area (Å²) in [5, 5.41) is 0. The molecule has 138 valence electrons. The Hall–Kier alpha value is -1.30. The minimum Gasteiger partial charge on any atom is -0.380 e. The van der Waals surface area contributed by atoms with E-state index in [1.54, 1.807) is 0 Å². The van der Waals surface area contributed by atoms with E-state index in [1.807, 2.05) is 6.08 Å². The minimum absolute atomic E-state index is 0.000662. The largest absolute Gasteiger partial charge is 0.380 e. The quantitative estimate of drug-likeness (QED) is 0.727. The lowest BCUT2D eigenvalue weighted by atomic mass is 9.78. The average Bonchev–Trinajstić information content (AvgIpc) is 2.65. The lowest BCUT2D eigenvalue weighted by Crippen LogP contribution is -2.37. The van der Waals surface area contributed by atoms with Crippen molar-refractivity contribution in [3.05, 3.63) is 47.5 Å². The first-order valence-corrected chi connectivity index (χ1v) is 8.94. The van der Waals surface area contributed by atoms with Crippen LogP contribution in [0.5, 0.6) is 0 Å². The summed E-state index contributed by atoms with van der Waals surface area (Å²) in [5.74, 6) is -0.239. The van der Waals surface area contributed by atoms with Crippen molar-refractivity contribution in [3.8, 4) is 0 Å². The van der Waals surface area contributed by atoms with Crippen LogP contribution in [0.3, 0.4) is 0 Å². The minimum atomic E-state index is -0.520. The molecule has 2 aliphatic rings. The van der Waals surface area contributed by atoms with Crippen molar-refractivity contribution in [1.82, 2.24) is 0 Å². The number of halogens is 2. The lowest BCUT2D eigenvalue weighted by molar-refractivity contribution is -0.222. The van der Waals surface area contributed by atoms with Crippen LogP contribution in [-0.2, 0) is 20.8 Å². The number of benzene rings is 1. The van der Waals surface area contributed by atoms with Crippen LogP contribution < -0.4 is 0 Å². The van der Waals surface area contributed by atoms with Crippen molar-refractivity contribution in [2.75, 3.05) is 20.3 Å². The normalized spacial score (nSPS) is 30.2. The summed E-state index contributed by atoms with van der Waals surface area (Å²) in [6.07, 6.45) is 5.37. The fourth-order valence-corrected chi connectivity index (χ4v) is 3.81. The molecule has 0 bridgehead atoms. The topological polar surface area (TPSA) is 27.7 Å². The molecular formula is C20H26F2O3. The number of hydrogen-bond acceptors (Lipinski definition) is 3. The van der Waals surface area contributed by atoms with Gasteiger partial charge in [0, 0.05) is 24.5 Å². The molecule has 0 atom stereocenters. The first kappa shape index (κ1) is 18.5. The molecule has 3 nitrogen and oxygen atoms in total. The van der Waals surface area contributed by atoms with Crippen LogP contribution in [0.15, 0.2) is 24.8 Å². The van der Waals surface area contributed by atoms with Crippen molar-refractivity contribution < 1.29 is 23.0 Å². The van der Waals surface area contributed by atoms with Crippen molar-refractivity contribution in [3.63, 3.8) is 0 Å². The fourth-order valence-electron chi connectivity index (χ4n) is 3.81. The molecule has 0 amide bonds. The Morgan fingerprint density at radius 3 is 2.24 bits per heavy atom. The van der Waals surface area contributed by atoms with E-state index in [0.29, 0.717) is 19.1 Å². The van der Waals surface area contributed by atoms with Gasteiger partial charge in [-0.3, -0.25) is 0 Å². The van der Waals surface area contributed by atoms with Gasteiger partial charge in [-0.2, -0.15) is 0 Å². The van der Waals surface area contributed by atoms with Gasteiger partial charge in [-0.25, -0.2) is 8.78 Å². The molecule has 1 aromatic rings. The van der Waals surface area contributed by atoms with Crippen LogP contribution in [0.2, 0.25) is 0 Å². The fraction of sp³-hybridized carbons (Fsp3) is 0.600. The van der Waals surface area contributed by atoms with Gasteiger partial charge in [-0.1, -0.05) is 6.08 Å². The first-order valence-electron chi connectivity index (χ1n) is 8.94. The van der Waals surface area contributed by atoms with Gasteiger partial charge in [0.25, 0.3) is 0 Å². The van der Waals surface area contributed by atoms with Gasteiger partial charge in [0.1, 0.15) is 11.6 Å². The standard InChI is InChI=1S/C20H26F2O3/c1-3-13-10-24-20(25-11-13)15-6-4-14(5-7-15)16-8-18(21)17(12-23-2)19(22)9-16/h3,8-9,13-15,20H,1,4-7,10-12H2,2H3/t13-,14?,15?,20-. The highest BCUT2D eigenvalue weighted by Crippen LogP contribution is 2.39. The Morgan fingerprint density at radius 1 is 1.12 bits per heavy atom. The Bertz CT molecular complexity index is 566. The molecule has 0 radical (unpaired) electrons. The van der Waals surface area contributed by atoms with Crippen LogP contribution in [0, 0.1) is 23.5 Å². The summed E-state index contributed by atoms with van der Waals surface area (Å²) in [7, 11) is 1.43. The van der Waals surface area contributed by atoms with Gasteiger partial charge >= 0.3 is 0 Å². The van der Waals surface area contributed by atoms with Crippen molar-refractivity contribution in [2.45, 2.75) is 44.5 Å². The number of hydrogen-bond donors (Lipinski definition) is 0. The van der Waals surface area contributed by atoms with E-state index >= 15 is 0 Å². The maximum atomic E-state index is 14.1. The smallest absolute Gasteiger partial charge is 0.160 e. The second-order valence-electron chi connectivity index (χ2n) is 7.04. The average molecular weight is 352 g/mol. The van der Waals surface area contributed by atoms with E-state index < -0.39 is 11.6 Å². The third kappa shape index (κ3) is 4.27. The number of rotatable bonds is 5. The van der Waals surface area contributed by atoms with Gasteiger partial charge < -0.3 is 14.2 Å². The van der Waals surface area contributed by atoms with E-state index in [0.717, 1.165) is 31.2 Å². The Morgan fingerprint density at radius 2 is 1.72 bits per heavy atom. The number of methoxy groups -OCH3 is 1. The van der Waals surface area contributed by atoms with Gasteiger partial charge in [-0.05, 0) is 49.3 Å². The molecule has 1 saturated heterocycles. The second-order valence-corrected chi connectivity index (χ2v) is 7.04. The maximum Gasteiger partial charge on any atom is 0.160 e. The Labute approximate surface area is 148 Å².